The molecule has 4 nitrogen and oxygen atoms in total. The van der Waals surface area contributed by atoms with Crippen LogP contribution in [0.1, 0.15) is 13.3 Å². The Hall–Kier alpha value is -1.29. The Morgan fingerprint density at radius 1 is 1.47 bits per heavy atom. The molecule has 84 valence electrons. The van der Waals surface area contributed by atoms with Crippen LogP contribution in [-0.4, -0.2) is 31.9 Å². The fraction of sp³-hybridized carbons (Fsp3) is 0.545. The van der Waals surface area contributed by atoms with Gasteiger partial charge in [0.15, 0.2) is 11.6 Å². The number of ether oxygens (including phenoxy) is 2. The molecule has 0 bridgehead atoms. The van der Waals surface area contributed by atoms with Gasteiger partial charge in [-0.05, 0) is 25.5 Å². The van der Waals surface area contributed by atoms with E-state index in [9.17, 15) is 0 Å². The summed E-state index contributed by atoms with van der Waals surface area (Å²) in [5.41, 5.74) is 0. The summed E-state index contributed by atoms with van der Waals surface area (Å²) in [5.74, 6) is 1.55. The van der Waals surface area contributed by atoms with Crippen LogP contribution in [0, 0.1) is 0 Å². The van der Waals surface area contributed by atoms with Gasteiger partial charge in [0.2, 0.25) is 0 Å². The van der Waals surface area contributed by atoms with Crippen LogP contribution in [0.15, 0.2) is 18.3 Å². The molecule has 4 heteroatoms. The number of anilines is 1. The highest BCUT2D eigenvalue weighted by atomic mass is 16.5. The molecule has 1 unspecified atom stereocenters. The maximum absolute atomic E-state index is 5.19. The Balaban J connectivity index is 2.55. The molecule has 0 aliphatic carbocycles. The summed E-state index contributed by atoms with van der Waals surface area (Å²) in [6.45, 7) is 2.83. The van der Waals surface area contributed by atoms with Crippen molar-refractivity contribution in [3.63, 3.8) is 0 Å². The van der Waals surface area contributed by atoms with Crippen LogP contribution in [0.5, 0.6) is 5.75 Å². The topological polar surface area (TPSA) is 43.4 Å². The molecule has 1 heterocycles. The van der Waals surface area contributed by atoms with Gasteiger partial charge in [-0.2, -0.15) is 0 Å². The van der Waals surface area contributed by atoms with E-state index in [1.165, 1.54) is 0 Å². The van der Waals surface area contributed by atoms with Gasteiger partial charge < -0.3 is 14.8 Å². The number of nitrogens with one attached hydrogen (secondary N) is 1. The van der Waals surface area contributed by atoms with E-state index in [4.69, 9.17) is 9.47 Å². The van der Waals surface area contributed by atoms with Gasteiger partial charge in [-0.1, -0.05) is 0 Å². The summed E-state index contributed by atoms with van der Waals surface area (Å²) in [7, 11) is 3.34. The zero-order chi connectivity index (χ0) is 11.1. The molecule has 0 aliphatic rings. The Kier molecular flexibility index (Phi) is 4.90. The van der Waals surface area contributed by atoms with Crippen LogP contribution in [0.3, 0.4) is 0 Å². The standard InChI is InChI=1S/C11H18N2O2/c1-9(6-8-14-2)13-11-10(15-3)5-4-7-12-11/h4-5,7,9H,6,8H2,1-3H3,(H,12,13). The quantitative estimate of drug-likeness (QED) is 0.779. The van der Waals surface area contributed by atoms with Crippen molar-refractivity contribution >= 4 is 5.82 Å². The summed E-state index contributed by atoms with van der Waals surface area (Å²) in [6.07, 6.45) is 2.68. The molecule has 1 atom stereocenters. The summed E-state index contributed by atoms with van der Waals surface area (Å²) < 4.78 is 10.2. The van der Waals surface area contributed by atoms with E-state index < -0.39 is 0 Å². The van der Waals surface area contributed by atoms with Crippen LogP contribution in [0.4, 0.5) is 5.82 Å². The van der Waals surface area contributed by atoms with Gasteiger partial charge >= 0.3 is 0 Å². The number of hydrogen-bond donors (Lipinski definition) is 1. The van der Waals surface area contributed by atoms with Crippen LogP contribution < -0.4 is 10.1 Å². The van der Waals surface area contributed by atoms with E-state index in [2.05, 4.69) is 17.2 Å². The highest BCUT2D eigenvalue weighted by Gasteiger charge is 2.06. The van der Waals surface area contributed by atoms with E-state index in [1.807, 2.05) is 12.1 Å². The number of nitrogens with zero attached hydrogens (tertiary/aromatic N) is 1. The molecule has 0 saturated carbocycles. The van der Waals surface area contributed by atoms with Crippen molar-refractivity contribution in [1.82, 2.24) is 4.98 Å². The Morgan fingerprint density at radius 2 is 2.27 bits per heavy atom. The van der Waals surface area contributed by atoms with Crippen molar-refractivity contribution in [2.24, 2.45) is 0 Å². The molecule has 1 rings (SSSR count). The van der Waals surface area contributed by atoms with Gasteiger partial charge in [-0.3, -0.25) is 0 Å². The number of methoxy groups -OCH3 is 2. The largest absolute Gasteiger partial charge is 0.493 e. The van der Waals surface area contributed by atoms with E-state index in [0.29, 0.717) is 6.04 Å². The molecular weight excluding hydrogens is 192 g/mol. The number of pyridine rings is 1. The van der Waals surface area contributed by atoms with Gasteiger partial charge in [-0.25, -0.2) is 4.98 Å². The van der Waals surface area contributed by atoms with Gasteiger partial charge in [0, 0.05) is 26.0 Å². The predicted octanol–water partition coefficient (Wildman–Crippen LogP) is 1.93. The lowest BCUT2D eigenvalue weighted by atomic mass is 10.2. The third-order valence-electron chi connectivity index (χ3n) is 2.13. The highest BCUT2D eigenvalue weighted by molar-refractivity contribution is 5.49. The summed E-state index contributed by atoms with van der Waals surface area (Å²) in [6, 6.07) is 4.05. The zero-order valence-electron chi connectivity index (χ0n) is 9.49. The molecule has 1 aromatic heterocycles. The maximum Gasteiger partial charge on any atom is 0.168 e. The lowest BCUT2D eigenvalue weighted by molar-refractivity contribution is 0.191. The minimum absolute atomic E-state index is 0.314. The third-order valence-corrected chi connectivity index (χ3v) is 2.13. The molecule has 0 fully saturated rings. The summed E-state index contributed by atoms with van der Waals surface area (Å²) >= 11 is 0. The first-order chi connectivity index (χ1) is 7.27. The molecule has 0 radical (unpaired) electrons. The second-order valence-electron chi connectivity index (χ2n) is 3.38. The molecule has 0 aliphatic heterocycles. The summed E-state index contributed by atoms with van der Waals surface area (Å²) in [4.78, 5) is 4.22. The minimum Gasteiger partial charge on any atom is -0.493 e. The molecule has 0 aromatic carbocycles. The first-order valence-electron chi connectivity index (χ1n) is 5.02. The molecular formula is C11H18N2O2. The second-order valence-corrected chi connectivity index (χ2v) is 3.38. The number of rotatable bonds is 6. The van der Waals surface area contributed by atoms with Crippen LogP contribution in [0.25, 0.3) is 0 Å². The smallest absolute Gasteiger partial charge is 0.168 e. The van der Waals surface area contributed by atoms with Crippen molar-refractivity contribution in [3.05, 3.63) is 18.3 Å². The molecule has 1 aromatic rings. The average molecular weight is 210 g/mol. The van der Waals surface area contributed by atoms with E-state index in [-0.39, 0.29) is 0 Å². The average Bonchev–Trinajstić information content (AvgIpc) is 2.27. The van der Waals surface area contributed by atoms with Gasteiger partial charge in [0.25, 0.3) is 0 Å². The van der Waals surface area contributed by atoms with Gasteiger partial charge in [0.1, 0.15) is 0 Å². The first-order valence-corrected chi connectivity index (χ1v) is 5.02. The van der Waals surface area contributed by atoms with Crippen LogP contribution in [-0.2, 0) is 4.74 Å². The molecule has 0 amide bonds. The van der Waals surface area contributed by atoms with Gasteiger partial charge in [-0.15, -0.1) is 0 Å². The monoisotopic (exact) mass is 210 g/mol. The van der Waals surface area contributed by atoms with Gasteiger partial charge in [0.05, 0.1) is 7.11 Å². The van der Waals surface area contributed by atoms with E-state index in [1.54, 1.807) is 20.4 Å². The van der Waals surface area contributed by atoms with Crippen molar-refractivity contribution < 1.29 is 9.47 Å². The Morgan fingerprint density at radius 3 is 2.93 bits per heavy atom. The van der Waals surface area contributed by atoms with Crippen molar-refractivity contribution in [1.29, 1.82) is 0 Å². The maximum atomic E-state index is 5.19. The Bertz CT molecular complexity index is 292. The van der Waals surface area contributed by atoms with E-state index >= 15 is 0 Å². The van der Waals surface area contributed by atoms with Crippen molar-refractivity contribution in [2.45, 2.75) is 19.4 Å². The molecule has 0 spiro atoms. The van der Waals surface area contributed by atoms with E-state index in [0.717, 1.165) is 24.6 Å². The highest BCUT2D eigenvalue weighted by Crippen LogP contribution is 2.21. The second kappa shape index (κ2) is 6.24. The lowest BCUT2D eigenvalue weighted by Gasteiger charge is -2.15. The SMILES string of the molecule is COCCC(C)Nc1ncccc1OC. The third kappa shape index (κ3) is 3.75. The fourth-order valence-corrected chi connectivity index (χ4v) is 1.26. The van der Waals surface area contributed by atoms with Crippen LogP contribution >= 0.6 is 0 Å². The number of aromatic nitrogens is 1. The normalized spacial score (nSPS) is 12.2. The fourth-order valence-electron chi connectivity index (χ4n) is 1.26. The molecule has 1 N–H and O–H groups in total. The van der Waals surface area contributed by atoms with Crippen LogP contribution in [0.2, 0.25) is 0 Å². The Labute approximate surface area is 90.6 Å². The lowest BCUT2D eigenvalue weighted by Crippen LogP contribution is -2.18. The summed E-state index contributed by atoms with van der Waals surface area (Å²) in [5, 5.41) is 3.28. The predicted molar refractivity (Wildman–Crippen MR) is 60.4 cm³/mol. The van der Waals surface area contributed by atoms with Crippen molar-refractivity contribution in [3.8, 4) is 5.75 Å². The first kappa shape index (κ1) is 11.8. The van der Waals surface area contributed by atoms with Crippen molar-refractivity contribution in [2.75, 3.05) is 26.1 Å². The molecule has 15 heavy (non-hydrogen) atoms. The number of hydrogen-bond acceptors (Lipinski definition) is 4. The minimum atomic E-state index is 0.314. The zero-order valence-corrected chi connectivity index (χ0v) is 9.49. The molecule has 0 saturated heterocycles.